The van der Waals surface area contributed by atoms with Gasteiger partial charge in [0.25, 0.3) is 0 Å². The Hall–Kier alpha value is 0.0184. The Kier molecular flexibility index (Phi) is 9.86. The second kappa shape index (κ2) is 9.85. The second-order valence-electron chi connectivity index (χ2n) is 3.68. The van der Waals surface area contributed by atoms with Gasteiger partial charge in [-0.2, -0.15) is 0 Å². The summed E-state index contributed by atoms with van der Waals surface area (Å²) in [5.41, 5.74) is 5.09. The van der Waals surface area contributed by atoms with Gasteiger partial charge in [0.1, 0.15) is 0 Å². The third-order valence-electron chi connectivity index (χ3n) is 2.19. The molecular weight excluding hydrogens is 369 g/mol. The van der Waals surface area contributed by atoms with Gasteiger partial charge in [0, 0.05) is 0 Å². The SMILES string of the molecule is NC(=O)[C@H](CS)NC(=O)[C@@H](CS)NC(=O)[C@H]([AsH2])CS. The maximum absolute atomic E-state index is 11.9. The van der Waals surface area contributed by atoms with Crippen LogP contribution >= 0.6 is 37.9 Å². The molecule has 6 nitrogen and oxygen atoms in total. The molecule has 0 bridgehead atoms. The third-order valence-corrected chi connectivity index (χ3v) is 5.28. The van der Waals surface area contributed by atoms with Crippen LogP contribution < -0.4 is 16.4 Å². The van der Waals surface area contributed by atoms with E-state index in [0.717, 1.165) is 0 Å². The summed E-state index contributed by atoms with van der Waals surface area (Å²) in [4.78, 5) is 34.5. The minimum atomic E-state index is -0.873. The molecule has 110 valence electrons. The van der Waals surface area contributed by atoms with Gasteiger partial charge in [0.15, 0.2) is 0 Å². The van der Waals surface area contributed by atoms with Gasteiger partial charge in [-0.25, -0.2) is 0 Å². The summed E-state index contributed by atoms with van der Waals surface area (Å²) >= 11 is 13.2. The fraction of sp³-hybridized carbons (Fsp3) is 0.667. The second-order valence-corrected chi connectivity index (χ2v) is 6.46. The number of thiol groups is 3. The zero-order chi connectivity index (χ0) is 15.0. The van der Waals surface area contributed by atoms with Crippen molar-refractivity contribution in [1.29, 1.82) is 0 Å². The Morgan fingerprint density at radius 3 is 1.79 bits per heavy atom. The summed E-state index contributed by atoms with van der Waals surface area (Å²) in [5, 5.41) is 4.96. The number of nitrogens with one attached hydrogen (secondary N) is 2. The Balaban J connectivity index is 4.56. The molecule has 0 aromatic carbocycles. The summed E-state index contributed by atoms with van der Waals surface area (Å²) in [7, 11) is 0. The molecule has 0 spiro atoms. The van der Waals surface area contributed by atoms with Gasteiger partial charge in [0.2, 0.25) is 0 Å². The van der Waals surface area contributed by atoms with Gasteiger partial charge < -0.3 is 0 Å². The Bertz CT molecular complexity index is 346. The molecule has 10 heteroatoms. The fourth-order valence-corrected chi connectivity index (χ4v) is 1.93. The normalized spacial score (nSPS) is 15.2. The van der Waals surface area contributed by atoms with E-state index < -0.39 is 23.9 Å². The van der Waals surface area contributed by atoms with E-state index in [0.29, 0.717) is 5.75 Å². The molecule has 0 fully saturated rings. The Morgan fingerprint density at radius 2 is 1.42 bits per heavy atom. The van der Waals surface area contributed by atoms with E-state index in [2.05, 4.69) is 48.5 Å². The molecule has 0 aromatic rings. The Labute approximate surface area is 137 Å². The van der Waals surface area contributed by atoms with Gasteiger partial charge in [-0.15, -0.1) is 0 Å². The number of carbonyl (C=O) groups is 3. The van der Waals surface area contributed by atoms with E-state index in [1.807, 2.05) is 0 Å². The zero-order valence-corrected chi connectivity index (χ0v) is 15.2. The molecule has 4 N–H and O–H groups in total. The molecule has 0 saturated heterocycles. The van der Waals surface area contributed by atoms with Crippen LogP contribution in [0.25, 0.3) is 0 Å². The standard InChI is InChI=1S/C9H18AsN3O3S3/c10-4(1-17)8(15)13-6(3-19)9(16)12-5(2-18)7(11)14/h4-6,17-19H,1-3,10H2,(H2,11,14)(H,12,16)(H,13,15)/t4-,5+,6-/m1/s1. The van der Waals surface area contributed by atoms with Crippen LogP contribution in [0.15, 0.2) is 0 Å². The number of rotatable bonds is 8. The summed E-state index contributed by atoms with van der Waals surface area (Å²) in [6.45, 7) is 0. The van der Waals surface area contributed by atoms with Crippen molar-refractivity contribution in [3.63, 3.8) is 0 Å². The first-order chi connectivity index (χ1) is 8.87. The van der Waals surface area contributed by atoms with Crippen molar-refractivity contribution in [1.82, 2.24) is 10.6 Å². The van der Waals surface area contributed by atoms with Gasteiger partial charge in [-0.1, -0.05) is 0 Å². The molecule has 0 aromatic heterocycles. The van der Waals surface area contributed by atoms with Gasteiger partial charge in [0.05, 0.1) is 0 Å². The van der Waals surface area contributed by atoms with Crippen molar-refractivity contribution >= 4 is 72.5 Å². The summed E-state index contributed by atoms with van der Waals surface area (Å²) in [5.74, 6) is -0.870. The van der Waals surface area contributed by atoms with E-state index in [4.69, 9.17) is 5.73 Å². The first-order valence-corrected chi connectivity index (χ1v) is 8.65. The third kappa shape index (κ3) is 6.83. The maximum atomic E-state index is 11.9. The molecule has 1 unspecified atom stereocenters. The van der Waals surface area contributed by atoms with Crippen LogP contribution in [0.3, 0.4) is 0 Å². The quantitative estimate of drug-likeness (QED) is 0.208. The number of primary amides is 1. The molecule has 0 radical (unpaired) electrons. The monoisotopic (exact) mass is 387 g/mol. The molecule has 0 aliphatic rings. The molecule has 4 atom stereocenters. The molecule has 0 rings (SSSR count). The van der Waals surface area contributed by atoms with Crippen molar-refractivity contribution in [3.05, 3.63) is 0 Å². The van der Waals surface area contributed by atoms with Crippen molar-refractivity contribution in [2.75, 3.05) is 17.3 Å². The van der Waals surface area contributed by atoms with Crippen molar-refractivity contribution < 1.29 is 14.4 Å². The predicted molar refractivity (Wildman–Crippen MR) is 86.9 cm³/mol. The number of hydrogen-bond donors (Lipinski definition) is 6. The average Bonchev–Trinajstić information content (AvgIpc) is 2.39. The van der Waals surface area contributed by atoms with E-state index in [9.17, 15) is 14.4 Å². The average molecular weight is 387 g/mol. The number of hydrogen-bond acceptors (Lipinski definition) is 6. The topological polar surface area (TPSA) is 101 Å². The van der Waals surface area contributed by atoms with Crippen LogP contribution in [0.1, 0.15) is 0 Å². The summed E-state index contributed by atoms with van der Waals surface area (Å²) in [6.07, 6.45) is 0. The predicted octanol–water partition coefficient (Wildman–Crippen LogP) is -2.35. The minimum absolute atomic E-state index is 0.0878. The molecule has 0 aliphatic heterocycles. The van der Waals surface area contributed by atoms with E-state index in [1.165, 1.54) is 16.9 Å². The molecule has 0 aliphatic carbocycles. The summed E-state index contributed by atoms with van der Waals surface area (Å²) in [6, 6.07) is -1.70. The molecular formula is C9H18AsN3O3S3. The van der Waals surface area contributed by atoms with Crippen molar-refractivity contribution in [2.45, 2.75) is 16.8 Å². The van der Waals surface area contributed by atoms with Gasteiger partial charge in [-0.05, 0) is 0 Å². The number of amides is 3. The fourth-order valence-electron chi connectivity index (χ4n) is 1.03. The zero-order valence-electron chi connectivity index (χ0n) is 10.1. The van der Waals surface area contributed by atoms with Crippen LogP contribution in [0.2, 0.25) is 4.71 Å². The van der Waals surface area contributed by atoms with E-state index in [-0.39, 0.29) is 22.1 Å². The van der Waals surface area contributed by atoms with Crippen LogP contribution in [0.5, 0.6) is 0 Å². The molecule has 0 heterocycles. The van der Waals surface area contributed by atoms with Crippen LogP contribution in [0.4, 0.5) is 0 Å². The summed E-state index contributed by atoms with van der Waals surface area (Å²) < 4.78 is -0.261. The van der Waals surface area contributed by atoms with E-state index >= 15 is 0 Å². The van der Waals surface area contributed by atoms with Crippen LogP contribution in [-0.4, -0.2) is 63.9 Å². The first kappa shape index (κ1) is 19.0. The van der Waals surface area contributed by atoms with Gasteiger partial charge in [-0.3, -0.25) is 0 Å². The first-order valence-electron chi connectivity index (χ1n) is 5.35. The van der Waals surface area contributed by atoms with Crippen molar-refractivity contribution in [3.8, 4) is 0 Å². The van der Waals surface area contributed by atoms with Crippen LogP contribution in [-0.2, 0) is 14.4 Å². The molecule has 3 amide bonds. The van der Waals surface area contributed by atoms with Crippen molar-refractivity contribution in [2.24, 2.45) is 5.73 Å². The van der Waals surface area contributed by atoms with Gasteiger partial charge >= 0.3 is 137 Å². The van der Waals surface area contributed by atoms with Crippen LogP contribution in [0, 0.1) is 0 Å². The number of nitrogens with two attached hydrogens (primary N) is 1. The van der Waals surface area contributed by atoms with E-state index in [1.54, 1.807) is 0 Å². The molecule has 19 heavy (non-hydrogen) atoms. The number of carbonyl (C=O) groups excluding carboxylic acids is 3. The molecule has 0 saturated carbocycles. The Morgan fingerprint density at radius 1 is 0.947 bits per heavy atom.